The molecule has 0 saturated carbocycles. The molecule has 0 aromatic carbocycles. The van der Waals surface area contributed by atoms with Crippen molar-refractivity contribution in [1.82, 2.24) is 19.8 Å². The van der Waals surface area contributed by atoms with Crippen LogP contribution in [-0.2, 0) is 11.3 Å². The van der Waals surface area contributed by atoms with Crippen LogP contribution in [0.4, 0.5) is 0 Å². The zero-order chi connectivity index (χ0) is 18.6. The highest BCUT2D eigenvalue weighted by Crippen LogP contribution is 2.35. The Hall–Kier alpha value is -1.18. The van der Waals surface area contributed by atoms with Gasteiger partial charge in [0.05, 0.1) is 5.60 Å². The van der Waals surface area contributed by atoms with E-state index in [0.717, 1.165) is 42.5 Å². The summed E-state index contributed by atoms with van der Waals surface area (Å²) in [5.74, 6) is 1.29. The van der Waals surface area contributed by atoms with Crippen molar-refractivity contribution < 1.29 is 9.90 Å². The van der Waals surface area contributed by atoms with E-state index in [4.69, 9.17) is 0 Å². The summed E-state index contributed by atoms with van der Waals surface area (Å²) in [6.45, 7) is 7.62. The van der Waals surface area contributed by atoms with Crippen molar-refractivity contribution in [2.24, 2.45) is 5.92 Å². The SMILES string of the molecule is CCCCSc1ncc(CN2CC[C@@]3(O)CCN(C(C)=O)C[C@H]3C2)cn1. The van der Waals surface area contributed by atoms with Gasteiger partial charge in [0.15, 0.2) is 5.16 Å². The van der Waals surface area contributed by atoms with Gasteiger partial charge >= 0.3 is 0 Å². The number of fused-ring (bicyclic) bond motifs is 1. The number of aliphatic hydroxyl groups is 1. The molecule has 7 heteroatoms. The lowest BCUT2D eigenvalue weighted by atomic mass is 9.75. The van der Waals surface area contributed by atoms with Gasteiger partial charge < -0.3 is 10.0 Å². The van der Waals surface area contributed by atoms with Crippen molar-refractivity contribution in [2.75, 3.05) is 31.9 Å². The minimum atomic E-state index is -0.612. The summed E-state index contributed by atoms with van der Waals surface area (Å²) in [6.07, 6.45) is 7.68. The average Bonchev–Trinajstić information content (AvgIpc) is 2.63. The van der Waals surface area contributed by atoms with Gasteiger partial charge in [0.25, 0.3) is 0 Å². The number of nitrogens with zero attached hydrogens (tertiary/aromatic N) is 4. The van der Waals surface area contributed by atoms with Crippen molar-refractivity contribution in [2.45, 2.75) is 56.8 Å². The molecule has 1 N–H and O–H groups in total. The molecule has 2 atom stereocenters. The molecule has 26 heavy (non-hydrogen) atoms. The predicted octanol–water partition coefficient (Wildman–Crippen LogP) is 2.17. The quantitative estimate of drug-likeness (QED) is 0.465. The van der Waals surface area contributed by atoms with Crippen LogP contribution in [0.1, 0.15) is 45.1 Å². The smallest absolute Gasteiger partial charge is 0.219 e. The zero-order valence-electron chi connectivity index (χ0n) is 15.9. The zero-order valence-corrected chi connectivity index (χ0v) is 16.7. The molecule has 2 saturated heterocycles. The maximum Gasteiger partial charge on any atom is 0.219 e. The first-order chi connectivity index (χ1) is 12.5. The van der Waals surface area contributed by atoms with Crippen LogP contribution in [0.15, 0.2) is 17.6 Å². The maximum absolute atomic E-state index is 11.7. The number of aromatic nitrogens is 2. The Bertz CT molecular complexity index is 612. The third-order valence-corrected chi connectivity index (χ3v) is 6.58. The highest BCUT2D eigenvalue weighted by molar-refractivity contribution is 7.99. The molecule has 0 radical (unpaired) electrons. The average molecular weight is 379 g/mol. The second-order valence-corrected chi connectivity index (χ2v) is 8.64. The molecule has 0 bridgehead atoms. The van der Waals surface area contributed by atoms with Gasteiger partial charge in [-0.25, -0.2) is 9.97 Å². The number of likely N-dealkylation sites (tertiary alicyclic amines) is 2. The van der Waals surface area contributed by atoms with Gasteiger partial charge in [0.2, 0.25) is 5.91 Å². The lowest BCUT2D eigenvalue weighted by molar-refractivity contribution is -0.145. The van der Waals surface area contributed by atoms with Gasteiger partial charge in [0.1, 0.15) is 0 Å². The Kier molecular flexibility index (Phi) is 6.53. The molecule has 1 amide bonds. The van der Waals surface area contributed by atoms with Crippen LogP contribution in [0.2, 0.25) is 0 Å². The van der Waals surface area contributed by atoms with Crippen LogP contribution in [0, 0.1) is 5.92 Å². The van der Waals surface area contributed by atoms with Crippen LogP contribution < -0.4 is 0 Å². The molecule has 144 valence electrons. The van der Waals surface area contributed by atoms with Gasteiger partial charge in [0, 0.05) is 69.3 Å². The summed E-state index contributed by atoms with van der Waals surface area (Å²) in [6, 6.07) is 0. The number of unbranched alkanes of at least 4 members (excludes halogenated alkanes) is 1. The molecule has 3 heterocycles. The van der Waals surface area contributed by atoms with E-state index in [0.29, 0.717) is 19.5 Å². The number of amides is 1. The van der Waals surface area contributed by atoms with E-state index in [1.807, 2.05) is 17.3 Å². The van der Waals surface area contributed by atoms with E-state index in [1.165, 1.54) is 12.8 Å². The largest absolute Gasteiger partial charge is 0.389 e. The molecule has 2 fully saturated rings. The highest BCUT2D eigenvalue weighted by atomic mass is 32.2. The fourth-order valence-electron chi connectivity index (χ4n) is 3.87. The summed E-state index contributed by atoms with van der Waals surface area (Å²) < 4.78 is 0. The molecule has 6 nitrogen and oxygen atoms in total. The Balaban J connectivity index is 1.55. The first-order valence-electron chi connectivity index (χ1n) is 9.64. The second-order valence-electron chi connectivity index (χ2n) is 7.58. The minimum absolute atomic E-state index is 0.105. The van der Waals surface area contributed by atoms with E-state index < -0.39 is 5.60 Å². The Morgan fingerprint density at radius 2 is 2.04 bits per heavy atom. The van der Waals surface area contributed by atoms with Gasteiger partial charge in [-0.3, -0.25) is 9.69 Å². The summed E-state index contributed by atoms with van der Waals surface area (Å²) in [7, 11) is 0. The maximum atomic E-state index is 11.7. The van der Waals surface area contributed by atoms with Crippen LogP contribution in [0.5, 0.6) is 0 Å². The van der Waals surface area contributed by atoms with Crippen molar-refractivity contribution in [3.05, 3.63) is 18.0 Å². The third-order valence-electron chi connectivity index (χ3n) is 5.62. The number of carbonyl (C=O) groups is 1. The molecule has 2 aliphatic heterocycles. The number of hydrogen-bond donors (Lipinski definition) is 1. The molecule has 2 aliphatic rings. The van der Waals surface area contributed by atoms with E-state index in [2.05, 4.69) is 21.8 Å². The lowest BCUT2D eigenvalue weighted by Gasteiger charge is -2.50. The molecular weight excluding hydrogens is 348 g/mol. The van der Waals surface area contributed by atoms with Crippen molar-refractivity contribution in [3.63, 3.8) is 0 Å². The lowest BCUT2D eigenvalue weighted by Crippen LogP contribution is -2.60. The number of piperidine rings is 2. The molecule has 0 aliphatic carbocycles. The third kappa shape index (κ3) is 4.75. The molecular formula is C19H30N4O2S. The second kappa shape index (κ2) is 8.67. The fraction of sp³-hybridized carbons (Fsp3) is 0.737. The monoisotopic (exact) mass is 378 g/mol. The fourth-order valence-corrected chi connectivity index (χ4v) is 4.74. The van der Waals surface area contributed by atoms with Crippen molar-refractivity contribution in [1.29, 1.82) is 0 Å². The molecule has 3 rings (SSSR count). The van der Waals surface area contributed by atoms with Crippen LogP contribution in [0.3, 0.4) is 0 Å². The van der Waals surface area contributed by atoms with Crippen LogP contribution in [0.25, 0.3) is 0 Å². The van der Waals surface area contributed by atoms with Crippen LogP contribution >= 0.6 is 11.8 Å². The number of carbonyl (C=O) groups excluding carboxylic acids is 1. The Morgan fingerprint density at radius 3 is 2.73 bits per heavy atom. The Labute approximate surface area is 160 Å². The normalized spacial score (nSPS) is 26.6. The first-order valence-corrected chi connectivity index (χ1v) is 10.6. The summed E-state index contributed by atoms with van der Waals surface area (Å²) >= 11 is 1.71. The molecule has 1 aromatic heterocycles. The number of thioether (sulfide) groups is 1. The number of hydrogen-bond acceptors (Lipinski definition) is 6. The first kappa shape index (κ1) is 19.6. The van der Waals surface area contributed by atoms with Gasteiger partial charge in [-0.1, -0.05) is 25.1 Å². The Morgan fingerprint density at radius 1 is 1.31 bits per heavy atom. The van der Waals surface area contributed by atoms with E-state index >= 15 is 0 Å². The summed E-state index contributed by atoms with van der Waals surface area (Å²) in [5.41, 5.74) is 0.494. The van der Waals surface area contributed by atoms with Crippen molar-refractivity contribution >= 4 is 17.7 Å². The topological polar surface area (TPSA) is 69.6 Å². The van der Waals surface area contributed by atoms with Gasteiger partial charge in [-0.05, 0) is 19.3 Å². The van der Waals surface area contributed by atoms with E-state index in [-0.39, 0.29) is 11.8 Å². The standard InChI is InChI=1S/C19H30N4O2S/c1-3-4-9-26-18-20-10-16(11-21-18)12-22-7-5-19(25)6-8-23(15(2)24)14-17(19)13-22/h10-11,17,25H,3-9,12-14H2,1-2H3/t17-,19-/m1/s1. The minimum Gasteiger partial charge on any atom is -0.389 e. The molecule has 0 spiro atoms. The van der Waals surface area contributed by atoms with Gasteiger partial charge in [-0.15, -0.1) is 0 Å². The summed E-state index contributed by atoms with van der Waals surface area (Å²) in [4.78, 5) is 24.8. The van der Waals surface area contributed by atoms with E-state index in [9.17, 15) is 9.90 Å². The van der Waals surface area contributed by atoms with Crippen LogP contribution in [-0.4, -0.2) is 68.3 Å². The molecule has 1 aromatic rings. The number of rotatable bonds is 6. The van der Waals surface area contributed by atoms with E-state index in [1.54, 1.807) is 18.7 Å². The highest BCUT2D eigenvalue weighted by Gasteiger charge is 2.45. The van der Waals surface area contributed by atoms with Gasteiger partial charge in [-0.2, -0.15) is 0 Å². The molecule has 0 unspecified atom stereocenters. The predicted molar refractivity (Wildman–Crippen MR) is 103 cm³/mol. The summed E-state index contributed by atoms with van der Waals surface area (Å²) in [5, 5.41) is 11.8. The van der Waals surface area contributed by atoms with Crippen molar-refractivity contribution in [3.8, 4) is 0 Å².